The second kappa shape index (κ2) is 8.04. The first-order chi connectivity index (χ1) is 12.4. The van der Waals surface area contributed by atoms with E-state index in [-0.39, 0.29) is 17.5 Å². The number of carbonyl (C=O) groups is 1. The summed E-state index contributed by atoms with van der Waals surface area (Å²) in [5.74, 6) is 0.692. The zero-order valence-corrected chi connectivity index (χ0v) is 15.7. The summed E-state index contributed by atoms with van der Waals surface area (Å²) in [5.41, 5.74) is 1.69. The van der Waals surface area contributed by atoms with Crippen LogP contribution in [0.3, 0.4) is 0 Å². The van der Waals surface area contributed by atoms with Crippen molar-refractivity contribution in [1.29, 1.82) is 0 Å². The van der Waals surface area contributed by atoms with Gasteiger partial charge in [0.2, 0.25) is 0 Å². The Morgan fingerprint density at radius 2 is 2.12 bits per heavy atom. The van der Waals surface area contributed by atoms with Crippen LogP contribution in [0.5, 0.6) is 0 Å². The van der Waals surface area contributed by atoms with Crippen LogP contribution in [0.4, 0.5) is 15.9 Å². The van der Waals surface area contributed by atoms with Gasteiger partial charge in [-0.2, -0.15) is 0 Å². The monoisotopic (exact) mass is 375 g/mol. The highest BCUT2D eigenvalue weighted by atomic mass is 35.5. The third kappa shape index (κ3) is 4.33. The van der Waals surface area contributed by atoms with Crippen LogP contribution in [0.2, 0.25) is 5.02 Å². The number of pyridine rings is 1. The number of nitrogens with one attached hydrogen (secondary N) is 2. The molecule has 0 unspecified atom stereocenters. The molecule has 0 bridgehead atoms. The number of anilines is 2. The van der Waals surface area contributed by atoms with Crippen LogP contribution in [0.1, 0.15) is 54.9 Å². The molecule has 1 heterocycles. The fraction of sp³-hybridized carbons (Fsp3) is 0.400. The Morgan fingerprint density at radius 1 is 1.35 bits per heavy atom. The molecule has 1 saturated carbocycles. The molecule has 6 heteroatoms. The molecule has 1 aromatic carbocycles. The van der Waals surface area contributed by atoms with E-state index in [1.807, 2.05) is 13.8 Å². The summed E-state index contributed by atoms with van der Waals surface area (Å²) in [6.45, 7) is 4.74. The number of halogens is 2. The summed E-state index contributed by atoms with van der Waals surface area (Å²) in [4.78, 5) is 16.8. The third-order valence-electron chi connectivity index (χ3n) is 4.77. The van der Waals surface area contributed by atoms with Crippen LogP contribution in [-0.4, -0.2) is 17.4 Å². The maximum Gasteiger partial charge on any atom is 0.253 e. The standard InChI is InChI=1S/C20H23ClFN3O/c1-12(2)15-9-19(25-18-8-14(21)6-7-17(18)22)23-11-16(15)20(26)24-10-13-4-3-5-13/h6-9,11-13H,3-5,10H2,1-2H3,(H,23,25)(H,24,26). The van der Waals surface area contributed by atoms with Crippen molar-refractivity contribution in [2.45, 2.75) is 39.0 Å². The molecule has 1 aliphatic carbocycles. The highest BCUT2D eigenvalue weighted by Crippen LogP contribution is 2.27. The van der Waals surface area contributed by atoms with Gasteiger partial charge in [0.05, 0.1) is 11.3 Å². The Bertz CT molecular complexity index is 806. The fourth-order valence-electron chi connectivity index (χ4n) is 2.97. The Balaban J connectivity index is 1.79. The van der Waals surface area contributed by atoms with Crippen molar-refractivity contribution in [3.63, 3.8) is 0 Å². The van der Waals surface area contributed by atoms with Gasteiger partial charge in [-0.05, 0) is 54.5 Å². The molecule has 0 spiro atoms. The van der Waals surface area contributed by atoms with Crippen molar-refractivity contribution in [2.75, 3.05) is 11.9 Å². The van der Waals surface area contributed by atoms with Crippen LogP contribution in [0.25, 0.3) is 0 Å². The molecule has 2 aromatic rings. The van der Waals surface area contributed by atoms with Crippen LogP contribution >= 0.6 is 11.6 Å². The lowest BCUT2D eigenvalue weighted by atomic mass is 9.85. The van der Waals surface area contributed by atoms with Gasteiger partial charge in [0.25, 0.3) is 5.91 Å². The molecule has 0 radical (unpaired) electrons. The lowest BCUT2D eigenvalue weighted by Crippen LogP contribution is -2.32. The van der Waals surface area contributed by atoms with Gasteiger partial charge in [0.15, 0.2) is 0 Å². The minimum atomic E-state index is -0.412. The summed E-state index contributed by atoms with van der Waals surface area (Å²) >= 11 is 5.93. The number of nitrogens with zero attached hydrogens (tertiary/aromatic N) is 1. The number of carbonyl (C=O) groups excluding carboxylic acids is 1. The van der Waals surface area contributed by atoms with Crippen LogP contribution < -0.4 is 10.6 Å². The molecular formula is C20H23ClFN3O. The van der Waals surface area contributed by atoms with Crippen LogP contribution in [0.15, 0.2) is 30.5 Å². The molecule has 26 heavy (non-hydrogen) atoms. The SMILES string of the molecule is CC(C)c1cc(Nc2cc(Cl)ccc2F)ncc1C(=O)NCC1CCC1. The van der Waals surface area contributed by atoms with Gasteiger partial charge in [-0.1, -0.05) is 31.9 Å². The Labute approximate surface area is 158 Å². The molecule has 0 aliphatic heterocycles. The average molecular weight is 376 g/mol. The minimum Gasteiger partial charge on any atom is -0.352 e. The van der Waals surface area contributed by atoms with Crippen LogP contribution in [0, 0.1) is 11.7 Å². The largest absolute Gasteiger partial charge is 0.352 e. The average Bonchev–Trinajstić information content (AvgIpc) is 2.56. The number of hydrogen-bond acceptors (Lipinski definition) is 3. The fourth-order valence-corrected chi connectivity index (χ4v) is 3.14. The first-order valence-electron chi connectivity index (χ1n) is 8.94. The van der Waals surface area contributed by atoms with Crippen molar-refractivity contribution in [3.8, 4) is 0 Å². The quantitative estimate of drug-likeness (QED) is 0.723. The van der Waals surface area contributed by atoms with Gasteiger partial charge in [-0.25, -0.2) is 9.37 Å². The van der Waals surface area contributed by atoms with E-state index in [0.717, 1.165) is 5.56 Å². The Morgan fingerprint density at radius 3 is 2.77 bits per heavy atom. The molecule has 1 amide bonds. The molecule has 2 N–H and O–H groups in total. The number of hydrogen-bond donors (Lipinski definition) is 2. The van der Waals surface area contributed by atoms with Gasteiger partial charge >= 0.3 is 0 Å². The molecule has 1 aromatic heterocycles. The predicted molar refractivity (Wildman–Crippen MR) is 103 cm³/mol. The number of aromatic nitrogens is 1. The van der Waals surface area contributed by atoms with Crippen molar-refractivity contribution in [1.82, 2.24) is 10.3 Å². The van der Waals surface area contributed by atoms with E-state index in [2.05, 4.69) is 15.6 Å². The van der Waals surface area contributed by atoms with E-state index in [1.165, 1.54) is 37.5 Å². The van der Waals surface area contributed by atoms with E-state index >= 15 is 0 Å². The van der Waals surface area contributed by atoms with E-state index in [1.54, 1.807) is 12.3 Å². The van der Waals surface area contributed by atoms with E-state index in [9.17, 15) is 9.18 Å². The Hall–Kier alpha value is -2.14. The summed E-state index contributed by atoms with van der Waals surface area (Å²) in [5, 5.41) is 6.38. The summed E-state index contributed by atoms with van der Waals surface area (Å²) in [6.07, 6.45) is 5.17. The molecule has 3 rings (SSSR count). The summed E-state index contributed by atoms with van der Waals surface area (Å²) < 4.78 is 13.9. The van der Waals surface area contributed by atoms with Gasteiger partial charge in [-0.3, -0.25) is 4.79 Å². The zero-order valence-electron chi connectivity index (χ0n) is 15.0. The molecule has 0 atom stereocenters. The first-order valence-corrected chi connectivity index (χ1v) is 9.32. The molecule has 1 fully saturated rings. The zero-order chi connectivity index (χ0) is 18.7. The molecule has 138 valence electrons. The number of benzene rings is 1. The first kappa shape index (κ1) is 18.6. The number of rotatable bonds is 6. The molecule has 4 nitrogen and oxygen atoms in total. The summed E-state index contributed by atoms with van der Waals surface area (Å²) in [6, 6.07) is 6.09. The lowest BCUT2D eigenvalue weighted by molar-refractivity contribution is 0.0937. The van der Waals surface area contributed by atoms with Crippen LogP contribution in [-0.2, 0) is 0 Å². The van der Waals surface area contributed by atoms with E-state index in [4.69, 9.17) is 11.6 Å². The van der Waals surface area contributed by atoms with Gasteiger partial charge < -0.3 is 10.6 Å². The molecular weight excluding hydrogens is 353 g/mol. The smallest absolute Gasteiger partial charge is 0.253 e. The van der Waals surface area contributed by atoms with Gasteiger partial charge in [0.1, 0.15) is 11.6 Å². The summed E-state index contributed by atoms with van der Waals surface area (Å²) in [7, 11) is 0. The maximum atomic E-state index is 13.9. The normalized spacial score (nSPS) is 14.2. The van der Waals surface area contributed by atoms with Gasteiger partial charge in [0, 0.05) is 17.8 Å². The van der Waals surface area contributed by atoms with Crippen molar-refractivity contribution in [2.24, 2.45) is 5.92 Å². The highest BCUT2D eigenvalue weighted by molar-refractivity contribution is 6.30. The van der Waals surface area contributed by atoms with E-state index in [0.29, 0.717) is 28.9 Å². The van der Waals surface area contributed by atoms with Crippen molar-refractivity contribution >= 4 is 29.0 Å². The van der Waals surface area contributed by atoms with E-state index < -0.39 is 5.82 Å². The topological polar surface area (TPSA) is 54.0 Å². The maximum absolute atomic E-state index is 13.9. The predicted octanol–water partition coefficient (Wildman–Crippen LogP) is 5.27. The molecule has 0 saturated heterocycles. The Kier molecular flexibility index (Phi) is 5.77. The number of amides is 1. The minimum absolute atomic E-state index is 0.103. The third-order valence-corrected chi connectivity index (χ3v) is 5.00. The lowest BCUT2D eigenvalue weighted by Gasteiger charge is -2.25. The van der Waals surface area contributed by atoms with Crippen molar-refractivity contribution in [3.05, 3.63) is 52.4 Å². The van der Waals surface area contributed by atoms with Gasteiger partial charge in [-0.15, -0.1) is 0 Å². The molecule has 1 aliphatic rings. The van der Waals surface area contributed by atoms with Crippen molar-refractivity contribution < 1.29 is 9.18 Å². The highest BCUT2D eigenvalue weighted by Gasteiger charge is 2.20. The second-order valence-corrected chi connectivity index (χ2v) is 7.50. The second-order valence-electron chi connectivity index (χ2n) is 7.07.